The van der Waals surface area contributed by atoms with Gasteiger partial charge in [-0.15, -0.1) is 0 Å². The molecule has 3 rings (SSSR count). The molecule has 0 amide bonds. The normalized spacial score (nSPS) is 25.5. The van der Waals surface area contributed by atoms with Gasteiger partial charge in [-0.2, -0.15) is 0 Å². The lowest BCUT2D eigenvalue weighted by atomic mass is 10.0. The van der Waals surface area contributed by atoms with Crippen LogP contribution in [0.25, 0.3) is 0 Å². The van der Waals surface area contributed by atoms with Crippen LogP contribution >= 0.6 is 0 Å². The number of methoxy groups -OCH3 is 1. The van der Waals surface area contributed by atoms with Crippen LogP contribution in [0.5, 0.6) is 5.75 Å². The number of nitro groups is 1. The molecule has 0 atom stereocenters. The van der Waals surface area contributed by atoms with Crippen molar-refractivity contribution in [1.82, 2.24) is 0 Å². The fourth-order valence-corrected chi connectivity index (χ4v) is 3.31. The lowest BCUT2D eigenvalue weighted by Crippen LogP contribution is -2.27. The Labute approximate surface area is 106 Å². The molecule has 5 heteroatoms. The molecule has 2 saturated heterocycles. The van der Waals surface area contributed by atoms with Crippen LogP contribution in [0.3, 0.4) is 0 Å². The van der Waals surface area contributed by atoms with Crippen molar-refractivity contribution in [3.05, 3.63) is 28.3 Å². The highest BCUT2D eigenvalue weighted by Crippen LogP contribution is 2.43. The van der Waals surface area contributed by atoms with E-state index in [4.69, 9.17) is 4.74 Å². The Balaban J connectivity index is 1.96. The van der Waals surface area contributed by atoms with E-state index < -0.39 is 4.92 Å². The predicted molar refractivity (Wildman–Crippen MR) is 68.2 cm³/mol. The maximum atomic E-state index is 10.9. The van der Waals surface area contributed by atoms with Crippen LogP contribution < -0.4 is 9.64 Å². The Morgan fingerprint density at radius 1 is 1.28 bits per heavy atom. The van der Waals surface area contributed by atoms with E-state index in [1.807, 2.05) is 6.07 Å². The highest BCUT2D eigenvalue weighted by atomic mass is 16.6. The second-order valence-electron chi connectivity index (χ2n) is 4.98. The number of nitro benzene ring substituents is 1. The van der Waals surface area contributed by atoms with E-state index in [1.165, 1.54) is 32.8 Å². The van der Waals surface area contributed by atoms with Gasteiger partial charge >= 0.3 is 5.69 Å². The molecule has 0 saturated carbocycles. The average molecular weight is 248 g/mol. The molecule has 2 aliphatic rings. The van der Waals surface area contributed by atoms with Crippen molar-refractivity contribution < 1.29 is 9.66 Å². The Bertz CT molecular complexity index is 469. The first kappa shape index (κ1) is 11.3. The minimum atomic E-state index is -0.402. The second-order valence-corrected chi connectivity index (χ2v) is 4.98. The van der Waals surface area contributed by atoms with Crippen molar-refractivity contribution in [2.75, 3.05) is 12.0 Å². The van der Waals surface area contributed by atoms with Gasteiger partial charge in [0.15, 0.2) is 5.75 Å². The lowest BCUT2D eigenvalue weighted by Gasteiger charge is -2.24. The van der Waals surface area contributed by atoms with Gasteiger partial charge in [-0.1, -0.05) is 0 Å². The van der Waals surface area contributed by atoms with Gasteiger partial charge in [0, 0.05) is 29.9 Å². The number of fused-ring (bicyclic) bond motifs is 2. The van der Waals surface area contributed by atoms with Crippen molar-refractivity contribution in [3.8, 4) is 5.75 Å². The van der Waals surface area contributed by atoms with Crippen LogP contribution in [0.1, 0.15) is 25.7 Å². The number of ether oxygens (including phenoxy) is 1. The number of benzene rings is 1. The van der Waals surface area contributed by atoms with Gasteiger partial charge in [0.25, 0.3) is 0 Å². The van der Waals surface area contributed by atoms with Crippen LogP contribution in [0, 0.1) is 10.1 Å². The van der Waals surface area contributed by atoms with Crippen molar-refractivity contribution in [2.24, 2.45) is 0 Å². The second kappa shape index (κ2) is 4.15. The van der Waals surface area contributed by atoms with Crippen LogP contribution in [-0.2, 0) is 0 Å². The van der Waals surface area contributed by atoms with Crippen molar-refractivity contribution in [2.45, 2.75) is 37.8 Å². The van der Waals surface area contributed by atoms with Gasteiger partial charge in [0.2, 0.25) is 0 Å². The molecule has 0 aliphatic carbocycles. The average Bonchev–Trinajstić information content (AvgIpc) is 2.97. The van der Waals surface area contributed by atoms with E-state index in [0.717, 1.165) is 5.69 Å². The molecule has 1 aromatic carbocycles. The molecular weight excluding hydrogens is 232 g/mol. The smallest absolute Gasteiger partial charge is 0.311 e. The summed E-state index contributed by atoms with van der Waals surface area (Å²) >= 11 is 0. The minimum absolute atomic E-state index is 0.0350. The SMILES string of the molecule is COc1cc(N2C3CCC2CC3)ccc1[N+](=O)[O-]. The topological polar surface area (TPSA) is 55.6 Å². The quantitative estimate of drug-likeness (QED) is 0.609. The first-order valence-electron chi connectivity index (χ1n) is 6.31. The highest BCUT2D eigenvalue weighted by Gasteiger charge is 2.39. The molecule has 0 aromatic heterocycles. The van der Waals surface area contributed by atoms with Gasteiger partial charge in [-0.05, 0) is 31.7 Å². The molecule has 18 heavy (non-hydrogen) atoms. The van der Waals surface area contributed by atoms with E-state index in [9.17, 15) is 10.1 Å². The van der Waals surface area contributed by atoms with E-state index in [0.29, 0.717) is 17.8 Å². The summed E-state index contributed by atoms with van der Waals surface area (Å²) in [4.78, 5) is 12.9. The fraction of sp³-hybridized carbons (Fsp3) is 0.538. The van der Waals surface area contributed by atoms with Crippen molar-refractivity contribution >= 4 is 11.4 Å². The van der Waals surface area contributed by atoms with Gasteiger partial charge in [0.05, 0.1) is 12.0 Å². The predicted octanol–water partition coefficient (Wildman–Crippen LogP) is 2.73. The van der Waals surface area contributed by atoms with E-state index in [1.54, 1.807) is 12.1 Å². The third-order valence-corrected chi connectivity index (χ3v) is 4.11. The first-order valence-corrected chi connectivity index (χ1v) is 6.31. The zero-order chi connectivity index (χ0) is 12.7. The zero-order valence-electron chi connectivity index (χ0n) is 10.3. The summed E-state index contributed by atoms with van der Waals surface area (Å²) in [7, 11) is 1.48. The Morgan fingerprint density at radius 2 is 1.89 bits per heavy atom. The molecule has 2 heterocycles. The number of rotatable bonds is 3. The minimum Gasteiger partial charge on any atom is -0.490 e. The summed E-state index contributed by atoms with van der Waals surface area (Å²) in [6, 6.07) is 6.42. The third-order valence-electron chi connectivity index (χ3n) is 4.11. The Hall–Kier alpha value is -1.78. The molecule has 0 unspecified atom stereocenters. The van der Waals surface area contributed by atoms with Crippen LogP contribution in [0.4, 0.5) is 11.4 Å². The molecule has 0 radical (unpaired) electrons. The lowest BCUT2D eigenvalue weighted by molar-refractivity contribution is -0.385. The summed E-state index contributed by atoms with van der Waals surface area (Å²) in [6.45, 7) is 0. The van der Waals surface area contributed by atoms with Gasteiger partial charge in [-0.3, -0.25) is 10.1 Å². The molecule has 0 N–H and O–H groups in total. The van der Waals surface area contributed by atoms with Gasteiger partial charge in [-0.25, -0.2) is 0 Å². The Morgan fingerprint density at radius 3 is 2.39 bits per heavy atom. The number of nitrogens with zero attached hydrogens (tertiary/aromatic N) is 2. The molecule has 2 aliphatic heterocycles. The molecule has 5 nitrogen and oxygen atoms in total. The van der Waals surface area contributed by atoms with Crippen LogP contribution in [0.15, 0.2) is 18.2 Å². The monoisotopic (exact) mass is 248 g/mol. The van der Waals surface area contributed by atoms with E-state index >= 15 is 0 Å². The maximum Gasteiger partial charge on any atom is 0.311 e. The molecule has 96 valence electrons. The van der Waals surface area contributed by atoms with Crippen molar-refractivity contribution in [1.29, 1.82) is 0 Å². The van der Waals surface area contributed by atoms with Crippen LogP contribution in [-0.4, -0.2) is 24.1 Å². The largest absolute Gasteiger partial charge is 0.490 e. The summed E-state index contributed by atoms with van der Waals surface area (Å²) in [5, 5.41) is 10.9. The van der Waals surface area contributed by atoms with Crippen LogP contribution in [0.2, 0.25) is 0 Å². The van der Waals surface area contributed by atoms with Gasteiger partial charge in [0.1, 0.15) is 0 Å². The van der Waals surface area contributed by atoms with E-state index in [-0.39, 0.29) is 5.69 Å². The molecule has 0 spiro atoms. The first-order chi connectivity index (χ1) is 8.70. The van der Waals surface area contributed by atoms with Crippen molar-refractivity contribution in [3.63, 3.8) is 0 Å². The number of hydrogen-bond acceptors (Lipinski definition) is 4. The molecule has 1 aromatic rings. The molecular formula is C13H16N2O3. The summed E-state index contributed by atoms with van der Waals surface area (Å²) in [5.74, 6) is 0.351. The summed E-state index contributed by atoms with van der Waals surface area (Å²) in [5.41, 5.74) is 1.09. The Kier molecular flexibility index (Phi) is 2.61. The highest BCUT2D eigenvalue weighted by molar-refractivity contribution is 5.61. The maximum absolute atomic E-state index is 10.9. The number of anilines is 1. The summed E-state index contributed by atoms with van der Waals surface area (Å²) in [6.07, 6.45) is 4.96. The third kappa shape index (κ3) is 1.62. The zero-order valence-corrected chi connectivity index (χ0v) is 10.3. The fourth-order valence-electron chi connectivity index (χ4n) is 3.31. The molecule has 2 fully saturated rings. The number of hydrogen-bond donors (Lipinski definition) is 0. The summed E-state index contributed by atoms with van der Waals surface area (Å²) < 4.78 is 5.13. The molecule has 2 bridgehead atoms. The van der Waals surface area contributed by atoms with Gasteiger partial charge < -0.3 is 9.64 Å². The standard InChI is InChI=1S/C13H16N2O3/c1-18-13-8-11(6-7-12(13)15(16)17)14-9-2-3-10(14)5-4-9/h6-10H,2-5H2,1H3. The van der Waals surface area contributed by atoms with E-state index in [2.05, 4.69) is 4.90 Å².